The van der Waals surface area contributed by atoms with Crippen LogP contribution in [-0.2, 0) is 11.1 Å². The first-order chi connectivity index (χ1) is 3.89. The summed E-state index contributed by atoms with van der Waals surface area (Å²) in [5, 5.41) is -3.47. The fourth-order valence-corrected chi connectivity index (χ4v) is 0.605. The zero-order valence-electron chi connectivity index (χ0n) is 5.10. The van der Waals surface area contributed by atoms with Gasteiger partial charge >= 0.3 is 5.25 Å². The van der Waals surface area contributed by atoms with Crippen molar-refractivity contribution in [3.8, 4) is 0 Å². The minimum absolute atomic E-state index is 1.09. The third-order valence-corrected chi connectivity index (χ3v) is 1.84. The summed E-state index contributed by atoms with van der Waals surface area (Å²) >= 11 is -3.04. The molecule has 0 saturated heterocycles. The van der Waals surface area contributed by atoms with Crippen molar-refractivity contribution in [1.29, 1.82) is 0 Å². The van der Waals surface area contributed by atoms with Crippen LogP contribution in [0.1, 0.15) is 13.8 Å². The Bertz CT molecular complexity index is 124. The van der Waals surface area contributed by atoms with E-state index in [1.54, 1.807) is 0 Å². The minimum Gasteiger partial charge on any atom is -0.301 e. The summed E-state index contributed by atoms with van der Waals surface area (Å²) < 4.78 is 42.0. The van der Waals surface area contributed by atoms with E-state index in [1.165, 1.54) is 13.8 Å². The Morgan fingerprint density at radius 3 is 1.89 bits per heavy atom. The van der Waals surface area contributed by atoms with Gasteiger partial charge < -0.3 is 4.55 Å². The lowest BCUT2D eigenvalue weighted by Crippen LogP contribution is -2.28. The number of hydrogen-bond acceptors (Lipinski definition) is 1. The summed E-state index contributed by atoms with van der Waals surface area (Å²) in [4.78, 5) is 0. The second-order valence-corrected chi connectivity index (χ2v) is 3.01. The van der Waals surface area contributed by atoms with Gasteiger partial charge in [0.1, 0.15) is 0 Å². The molecule has 5 heteroatoms. The van der Waals surface area contributed by atoms with Gasteiger partial charge in [-0.25, -0.2) is 4.21 Å². The highest BCUT2D eigenvalue weighted by molar-refractivity contribution is 7.80. The van der Waals surface area contributed by atoms with Crippen molar-refractivity contribution in [3.63, 3.8) is 0 Å². The number of alkyl halides is 2. The Morgan fingerprint density at radius 1 is 1.56 bits per heavy atom. The van der Waals surface area contributed by atoms with E-state index in [0.717, 1.165) is 0 Å². The topological polar surface area (TPSA) is 37.3 Å². The summed E-state index contributed by atoms with van der Waals surface area (Å²) in [6.45, 7) is 2.38. The van der Waals surface area contributed by atoms with E-state index in [0.29, 0.717) is 0 Å². The van der Waals surface area contributed by atoms with Gasteiger partial charge in [0.15, 0.2) is 0 Å². The van der Waals surface area contributed by atoms with Crippen molar-refractivity contribution in [3.05, 3.63) is 0 Å². The Labute approximate surface area is 54.5 Å². The second-order valence-electron chi connectivity index (χ2n) is 1.97. The molecule has 0 radical (unpaired) electrons. The maximum atomic E-state index is 12.1. The number of halogens is 2. The van der Waals surface area contributed by atoms with Crippen LogP contribution in [0.3, 0.4) is 0 Å². The largest absolute Gasteiger partial charge is 0.347 e. The van der Waals surface area contributed by atoms with Crippen LogP contribution in [0.2, 0.25) is 0 Å². The predicted octanol–water partition coefficient (Wildman–Crippen LogP) is 1.46. The molecular weight excluding hydrogens is 150 g/mol. The molecule has 1 unspecified atom stereocenters. The summed E-state index contributed by atoms with van der Waals surface area (Å²) in [5.74, 6) is -1.09. The number of hydrogen-bond donors (Lipinski definition) is 1. The molecule has 0 fully saturated rings. The zero-order chi connectivity index (χ0) is 7.65. The molecule has 0 spiro atoms. The average Bonchev–Trinajstić information content (AvgIpc) is 1.65. The Morgan fingerprint density at radius 2 is 1.89 bits per heavy atom. The molecule has 0 bridgehead atoms. The first kappa shape index (κ1) is 8.97. The normalized spacial score (nSPS) is 16.2. The van der Waals surface area contributed by atoms with Crippen molar-refractivity contribution < 1.29 is 17.5 Å². The molecule has 0 saturated carbocycles. The summed E-state index contributed by atoms with van der Waals surface area (Å²) in [6.07, 6.45) is 0. The standard InChI is InChI=1S/C4H8F2O2S/c1-3(2)4(5,6)9(7)8/h3H,1-2H3,(H,7,8). The lowest BCUT2D eigenvalue weighted by atomic mass is 10.2. The van der Waals surface area contributed by atoms with E-state index in [1.807, 2.05) is 0 Å². The van der Waals surface area contributed by atoms with Gasteiger partial charge in [-0.1, -0.05) is 13.8 Å². The minimum atomic E-state index is -3.47. The van der Waals surface area contributed by atoms with Gasteiger partial charge in [0, 0.05) is 5.92 Å². The molecule has 0 aromatic carbocycles. The highest BCUT2D eigenvalue weighted by Crippen LogP contribution is 2.26. The molecular formula is C4H8F2O2S. The lowest BCUT2D eigenvalue weighted by molar-refractivity contribution is 0.0409. The van der Waals surface area contributed by atoms with E-state index in [2.05, 4.69) is 0 Å². The smallest absolute Gasteiger partial charge is 0.301 e. The van der Waals surface area contributed by atoms with Crippen LogP contribution in [0, 0.1) is 5.92 Å². The fourth-order valence-electron chi connectivity index (χ4n) is 0.202. The average molecular weight is 158 g/mol. The third-order valence-electron chi connectivity index (χ3n) is 0.905. The Kier molecular flexibility index (Phi) is 2.69. The van der Waals surface area contributed by atoms with Crippen molar-refractivity contribution in [2.45, 2.75) is 19.1 Å². The first-order valence-corrected chi connectivity index (χ1v) is 3.48. The molecule has 0 aliphatic heterocycles. The monoisotopic (exact) mass is 158 g/mol. The Hall–Kier alpha value is -0.0300. The molecule has 0 amide bonds. The van der Waals surface area contributed by atoms with Crippen LogP contribution < -0.4 is 0 Å². The summed E-state index contributed by atoms with van der Waals surface area (Å²) in [6, 6.07) is 0. The highest BCUT2D eigenvalue weighted by atomic mass is 32.2. The molecule has 0 aromatic heterocycles. The van der Waals surface area contributed by atoms with Crippen LogP contribution in [0.5, 0.6) is 0 Å². The van der Waals surface area contributed by atoms with Crippen molar-refractivity contribution in [2.75, 3.05) is 0 Å². The van der Waals surface area contributed by atoms with E-state index >= 15 is 0 Å². The second kappa shape index (κ2) is 2.70. The lowest BCUT2D eigenvalue weighted by Gasteiger charge is -2.14. The van der Waals surface area contributed by atoms with E-state index in [-0.39, 0.29) is 0 Å². The molecule has 0 aliphatic carbocycles. The highest BCUT2D eigenvalue weighted by Gasteiger charge is 2.40. The molecule has 1 atom stereocenters. The van der Waals surface area contributed by atoms with Crippen LogP contribution in [-0.4, -0.2) is 14.0 Å². The van der Waals surface area contributed by atoms with Crippen LogP contribution in [0.25, 0.3) is 0 Å². The molecule has 0 aliphatic rings. The molecule has 2 nitrogen and oxygen atoms in total. The SMILES string of the molecule is CC(C)C(F)(F)S(=O)O. The maximum absolute atomic E-state index is 12.1. The number of rotatable bonds is 2. The van der Waals surface area contributed by atoms with E-state index in [4.69, 9.17) is 4.55 Å². The van der Waals surface area contributed by atoms with Crippen LogP contribution >= 0.6 is 0 Å². The van der Waals surface area contributed by atoms with Crippen LogP contribution in [0.15, 0.2) is 0 Å². The fraction of sp³-hybridized carbons (Fsp3) is 1.00. The zero-order valence-corrected chi connectivity index (χ0v) is 5.91. The van der Waals surface area contributed by atoms with Crippen molar-refractivity contribution in [1.82, 2.24) is 0 Å². The van der Waals surface area contributed by atoms with E-state index < -0.39 is 22.3 Å². The first-order valence-electron chi connectivity index (χ1n) is 2.37. The Balaban J connectivity index is 4.19. The van der Waals surface area contributed by atoms with Gasteiger partial charge in [-0.05, 0) is 0 Å². The van der Waals surface area contributed by atoms with Gasteiger partial charge in [-0.3, -0.25) is 0 Å². The molecule has 1 N–H and O–H groups in total. The molecule has 0 rings (SSSR count). The summed E-state index contributed by atoms with van der Waals surface area (Å²) in [5.41, 5.74) is 0. The predicted molar refractivity (Wildman–Crippen MR) is 30.6 cm³/mol. The molecule has 0 heterocycles. The van der Waals surface area contributed by atoms with Gasteiger partial charge in [-0.2, -0.15) is 8.78 Å². The molecule has 56 valence electrons. The maximum Gasteiger partial charge on any atom is 0.347 e. The van der Waals surface area contributed by atoms with Crippen LogP contribution in [0.4, 0.5) is 8.78 Å². The van der Waals surface area contributed by atoms with Gasteiger partial charge in [0.25, 0.3) is 0 Å². The van der Waals surface area contributed by atoms with Gasteiger partial charge in [0.05, 0.1) is 0 Å². The third kappa shape index (κ3) is 1.98. The van der Waals surface area contributed by atoms with E-state index in [9.17, 15) is 13.0 Å². The van der Waals surface area contributed by atoms with Gasteiger partial charge in [-0.15, -0.1) is 0 Å². The van der Waals surface area contributed by atoms with Crippen molar-refractivity contribution >= 4 is 11.1 Å². The molecule has 9 heavy (non-hydrogen) atoms. The van der Waals surface area contributed by atoms with Gasteiger partial charge in [0.2, 0.25) is 11.1 Å². The summed E-state index contributed by atoms with van der Waals surface area (Å²) in [7, 11) is 0. The quantitative estimate of drug-likeness (QED) is 0.617. The molecule has 0 aromatic rings. The van der Waals surface area contributed by atoms with Crippen molar-refractivity contribution in [2.24, 2.45) is 5.92 Å².